The van der Waals surface area contributed by atoms with E-state index in [1.54, 1.807) is 13.3 Å². The van der Waals surface area contributed by atoms with Crippen LogP contribution in [0.15, 0.2) is 42.7 Å². The molecule has 0 radical (unpaired) electrons. The van der Waals surface area contributed by atoms with Gasteiger partial charge in [-0.3, -0.25) is 4.98 Å². The van der Waals surface area contributed by atoms with E-state index in [0.29, 0.717) is 0 Å². The Kier molecular flexibility index (Phi) is 3.73. The summed E-state index contributed by atoms with van der Waals surface area (Å²) in [4.78, 5) is 4.15. The predicted molar refractivity (Wildman–Crippen MR) is 69.0 cm³/mol. The van der Waals surface area contributed by atoms with Crippen LogP contribution in [0.4, 0.5) is 0 Å². The first kappa shape index (κ1) is 11.6. The Morgan fingerprint density at radius 3 is 2.82 bits per heavy atom. The number of ether oxygens (including phenoxy) is 1. The standard InChI is InChI=1S/C14H16N2O/c1-15-9-12-8-13(17-2)5-6-14(12)11-4-3-7-16-10-11/h3-8,10,15H,9H2,1-2H3. The summed E-state index contributed by atoms with van der Waals surface area (Å²) in [5, 5.41) is 3.17. The Bertz CT molecular complexity index is 483. The number of aromatic nitrogens is 1. The second-order valence-corrected chi connectivity index (χ2v) is 3.80. The minimum absolute atomic E-state index is 0.807. The fraction of sp³-hybridized carbons (Fsp3) is 0.214. The molecule has 1 heterocycles. The predicted octanol–water partition coefficient (Wildman–Crippen LogP) is 2.48. The van der Waals surface area contributed by atoms with Crippen LogP contribution >= 0.6 is 0 Å². The number of methoxy groups -OCH3 is 1. The molecule has 1 aromatic heterocycles. The van der Waals surface area contributed by atoms with E-state index < -0.39 is 0 Å². The van der Waals surface area contributed by atoms with E-state index in [-0.39, 0.29) is 0 Å². The van der Waals surface area contributed by atoms with Gasteiger partial charge in [-0.05, 0) is 36.4 Å². The molecular weight excluding hydrogens is 212 g/mol. The molecule has 3 heteroatoms. The molecule has 2 aromatic rings. The Morgan fingerprint density at radius 2 is 2.18 bits per heavy atom. The molecule has 0 saturated carbocycles. The normalized spacial score (nSPS) is 10.2. The zero-order valence-electron chi connectivity index (χ0n) is 10.1. The van der Waals surface area contributed by atoms with Crippen molar-refractivity contribution in [2.24, 2.45) is 0 Å². The first-order chi connectivity index (χ1) is 8.35. The molecule has 0 spiro atoms. The summed E-state index contributed by atoms with van der Waals surface area (Å²) >= 11 is 0. The molecule has 2 rings (SSSR count). The second kappa shape index (κ2) is 5.46. The number of hydrogen-bond donors (Lipinski definition) is 1. The van der Waals surface area contributed by atoms with Crippen molar-refractivity contribution in [1.29, 1.82) is 0 Å². The molecule has 0 atom stereocenters. The Hall–Kier alpha value is -1.87. The van der Waals surface area contributed by atoms with Crippen molar-refractivity contribution in [2.75, 3.05) is 14.2 Å². The highest BCUT2D eigenvalue weighted by atomic mass is 16.5. The van der Waals surface area contributed by atoms with Gasteiger partial charge in [0.15, 0.2) is 0 Å². The fourth-order valence-corrected chi connectivity index (χ4v) is 1.84. The number of nitrogens with zero attached hydrogens (tertiary/aromatic N) is 1. The van der Waals surface area contributed by atoms with Gasteiger partial charge in [-0.15, -0.1) is 0 Å². The summed E-state index contributed by atoms with van der Waals surface area (Å²) < 4.78 is 5.25. The SMILES string of the molecule is CNCc1cc(OC)ccc1-c1cccnc1. The van der Waals surface area contributed by atoms with E-state index in [9.17, 15) is 0 Å². The van der Waals surface area contributed by atoms with Gasteiger partial charge >= 0.3 is 0 Å². The van der Waals surface area contributed by atoms with Gasteiger partial charge in [-0.1, -0.05) is 12.1 Å². The van der Waals surface area contributed by atoms with Crippen LogP contribution in [-0.4, -0.2) is 19.1 Å². The lowest BCUT2D eigenvalue weighted by atomic mass is 10.0. The molecule has 1 N–H and O–H groups in total. The van der Waals surface area contributed by atoms with Crippen LogP contribution in [0.2, 0.25) is 0 Å². The lowest BCUT2D eigenvalue weighted by Crippen LogP contribution is -2.06. The summed E-state index contributed by atoms with van der Waals surface area (Å²) in [6.07, 6.45) is 3.66. The van der Waals surface area contributed by atoms with Gasteiger partial charge in [0.1, 0.15) is 5.75 Å². The van der Waals surface area contributed by atoms with E-state index in [1.807, 2.05) is 25.4 Å². The molecule has 0 amide bonds. The molecule has 0 saturated heterocycles. The lowest BCUT2D eigenvalue weighted by Gasteiger charge is -2.11. The maximum atomic E-state index is 5.25. The Morgan fingerprint density at radius 1 is 1.29 bits per heavy atom. The van der Waals surface area contributed by atoms with Crippen LogP contribution in [0, 0.1) is 0 Å². The van der Waals surface area contributed by atoms with E-state index in [1.165, 1.54) is 11.1 Å². The number of rotatable bonds is 4. The molecule has 0 fully saturated rings. The highest BCUT2D eigenvalue weighted by Gasteiger charge is 2.06. The summed E-state index contributed by atoms with van der Waals surface area (Å²) in [6, 6.07) is 10.1. The van der Waals surface area contributed by atoms with Gasteiger partial charge in [0, 0.05) is 24.5 Å². The molecule has 0 bridgehead atoms. The minimum atomic E-state index is 0.807. The average Bonchev–Trinajstić information content (AvgIpc) is 2.40. The van der Waals surface area contributed by atoms with Gasteiger partial charge in [-0.25, -0.2) is 0 Å². The van der Waals surface area contributed by atoms with E-state index in [4.69, 9.17) is 4.74 Å². The highest BCUT2D eigenvalue weighted by Crippen LogP contribution is 2.26. The first-order valence-corrected chi connectivity index (χ1v) is 5.57. The molecule has 0 aliphatic carbocycles. The molecule has 88 valence electrons. The maximum absolute atomic E-state index is 5.25. The number of nitrogens with one attached hydrogen (secondary N) is 1. The second-order valence-electron chi connectivity index (χ2n) is 3.80. The van der Waals surface area contributed by atoms with Crippen molar-refractivity contribution >= 4 is 0 Å². The number of hydrogen-bond acceptors (Lipinski definition) is 3. The average molecular weight is 228 g/mol. The molecule has 0 aliphatic heterocycles. The molecule has 3 nitrogen and oxygen atoms in total. The van der Waals surface area contributed by atoms with Crippen LogP contribution in [0.25, 0.3) is 11.1 Å². The van der Waals surface area contributed by atoms with Crippen molar-refractivity contribution in [3.05, 3.63) is 48.3 Å². The Balaban J connectivity index is 2.46. The van der Waals surface area contributed by atoms with Gasteiger partial charge in [0.2, 0.25) is 0 Å². The Labute approximate surface area is 101 Å². The zero-order chi connectivity index (χ0) is 12.1. The van der Waals surface area contributed by atoms with Crippen molar-refractivity contribution in [3.8, 4) is 16.9 Å². The topological polar surface area (TPSA) is 34.1 Å². The van der Waals surface area contributed by atoms with Crippen molar-refractivity contribution in [3.63, 3.8) is 0 Å². The van der Waals surface area contributed by atoms with Gasteiger partial charge in [0.05, 0.1) is 7.11 Å². The summed E-state index contributed by atoms with van der Waals surface area (Å²) in [5.74, 6) is 0.878. The maximum Gasteiger partial charge on any atom is 0.119 e. The largest absolute Gasteiger partial charge is 0.497 e. The van der Waals surface area contributed by atoms with Crippen molar-refractivity contribution < 1.29 is 4.74 Å². The summed E-state index contributed by atoms with van der Waals surface area (Å²) in [5.41, 5.74) is 3.52. The van der Waals surface area contributed by atoms with E-state index >= 15 is 0 Å². The van der Waals surface area contributed by atoms with Gasteiger partial charge in [0.25, 0.3) is 0 Å². The number of pyridine rings is 1. The molecule has 17 heavy (non-hydrogen) atoms. The third-order valence-corrected chi connectivity index (χ3v) is 2.65. The van der Waals surface area contributed by atoms with Crippen LogP contribution in [0.5, 0.6) is 5.75 Å². The van der Waals surface area contributed by atoms with Crippen LogP contribution in [-0.2, 0) is 6.54 Å². The molecule has 0 unspecified atom stereocenters. The van der Waals surface area contributed by atoms with E-state index in [2.05, 4.69) is 28.5 Å². The summed E-state index contributed by atoms with van der Waals surface area (Å²) in [7, 11) is 3.62. The molecular formula is C14H16N2O. The smallest absolute Gasteiger partial charge is 0.119 e. The van der Waals surface area contributed by atoms with Crippen LogP contribution in [0.1, 0.15) is 5.56 Å². The van der Waals surface area contributed by atoms with E-state index in [0.717, 1.165) is 17.9 Å². The van der Waals surface area contributed by atoms with Crippen molar-refractivity contribution in [2.45, 2.75) is 6.54 Å². The monoisotopic (exact) mass is 228 g/mol. The van der Waals surface area contributed by atoms with Crippen LogP contribution in [0.3, 0.4) is 0 Å². The quantitative estimate of drug-likeness (QED) is 0.873. The van der Waals surface area contributed by atoms with Gasteiger partial charge in [-0.2, -0.15) is 0 Å². The number of benzene rings is 1. The van der Waals surface area contributed by atoms with Crippen LogP contribution < -0.4 is 10.1 Å². The minimum Gasteiger partial charge on any atom is -0.497 e. The fourth-order valence-electron chi connectivity index (χ4n) is 1.84. The third-order valence-electron chi connectivity index (χ3n) is 2.65. The van der Waals surface area contributed by atoms with Gasteiger partial charge < -0.3 is 10.1 Å². The van der Waals surface area contributed by atoms with Crippen molar-refractivity contribution in [1.82, 2.24) is 10.3 Å². The molecule has 1 aromatic carbocycles. The lowest BCUT2D eigenvalue weighted by molar-refractivity contribution is 0.414. The molecule has 0 aliphatic rings. The first-order valence-electron chi connectivity index (χ1n) is 5.57. The highest BCUT2D eigenvalue weighted by molar-refractivity contribution is 5.67. The summed E-state index contributed by atoms with van der Waals surface area (Å²) in [6.45, 7) is 0.807. The third kappa shape index (κ3) is 2.63. The zero-order valence-corrected chi connectivity index (χ0v) is 10.1.